The maximum atomic E-state index is 11.0. The minimum atomic E-state index is -1.14. The van der Waals surface area contributed by atoms with Crippen molar-refractivity contribution in [3.63, 3.8) is 0 Å². The van der Waals surface area contributed by atoms with Crippen molar-refractivity contribution in [2.24, 2.45) is 0 Å². The van der Waals surface area contributed by atoms with Gasteiger partial charge in [0.05, 0.1) is 17.2 Å². The molecule has 0 saturated heterocycles. The highest BCUT2D eigenvalue weighted by Gasteiger charge is 2.17. The number of hydrogen-bond donors (Lipinski definition) is 1. The van der Waals surface area contributed by atoms with E-state index in [4.69, 9.17) is 9.84 Å². The Bertz CT molecular complexity index is 680. The highest BCUT2D eigenvalue weighted by Crippen LogP contribution is 2.29. The molecular weight excluding hydrogens is 278 g/mol. The summed E-state index contributed by atoms with van der Waals surface area (Å²) in [5.74, 6) is -1.01. The number of nitro groups is 1. The number of aromatic nitrogens is 2. The fraction of sp³-hybridized carbons (Fsp3) is 0.231. The number of rotatable bonds is 6. The van der Waals surface area contributed by atoms with Crippen LogP contribution in [0.4, 0.5) is 5.69 Å². The summed E-state index contributed by atoms with van der Waals surface area (Å²) in [6.07, 6.45) is 2.18. The summed E-state index contributed by atoms with van der Waals surface area (Å²) in [7, 11) is 0. The Kier molecular flexibility index (Phi) is 4.17. The summed E-state index contributed by atoms with van der Waals surface area (Å²) in [5, 5.41) is 23.7. The maximum absolute atomic E-state index is 11.0. The summed E-state index contributed by atoms with van der Waals surface area (Å²) < 4.78 is 6.69. The van der Waals surface area contributed by atoms with Crippen LogP contribution < -0.4 is 4.74 Å². The lowest BCUT2D eigenvalue weighted by molar-refractivity contribution is -0.385. The van der Waals surface area contributed by atoms with E-state index in [-0.39, 0.29) is 17.1 Å². The van der Waals surface area contributed by atoms with Crippen molar-refractivity contribution in [2.75, 3.05) is 6.61 Å². The third-order valence-corrected chi connectivity index (χ3v) is 2.67. The van der Waals surface area contributed by atoms with Crippen molar-refractivity contribution in [3.05, 3.63) is 46.3 Å². The molecule has 8 nitrogen and oxygen atoms in total. The van der Waals surface area contributed by atoms with Gasteiger partial charge >= 0.3 is 11.7 Å². The lowest BCUT2D eigenvalue weighted by atomic mass is 10.2. The largest absolute Gasteiger partial charge is 0.487 e. The third kappa shape index (κ3) is 3.16. The van der Waals surface area contributed by atoms with Gasteiger partial charge < -0.3 is 9.84 Å². The summed E-state index contributed by atoms with van der Waals surface area (Å²) in [5.41, 5.74) is 0.237. The molecule has 1 heterocycles. The number of carboxylic acid groups (broad SMARTS) is 1. The Labute approximate surface area is 119 Å². The first kappa shape index (κ1) is 14.5. The topological polar surface area (TPSA) is 107 Å². The molecule has 0 fully saturated rings. The molecule has 110 valence electrons. The number of benzene rings is 1. The third-order valence-electron chi connectivity index (χ3n) is 2.67. The van der Waals surface area contributed by atoms with E-state index in [1.807, 2.05) is 6.92 Å². The van der Waals surface area contributed by atoms with Crippen molar-refractivity contribution in [2.45, 2.75) is 13.3 Å². The molecule has 21 heavy (non-hydrogen) atoms. The molecule has 1 N–H and O–H groups in total. The fourth-order valence-electron chi connectivity index (χ4n) is 1.71. The molecule has 0 radical (unpaired) electrons. The predicted molar refractivity (Wildman–Crippen MR) is 73.0 cm³/mol. The van der Waals surface area contributed by atoms with Gasteiger partial charge in [0, 0.05) is 18.3 Å². The molecule has 0 aliphatic heterocycles. The van der Waals surface area contributed by atoms with Crippen LogP contribution in [0.5, 0.6) is 5.75 Å². The van der Waals surface area contributed by atoms with Crippen molar-refractivity contribution in [3.8, 4) is 11.4 Å². The predicted octanol–water partition coefficient (Wildman–Crippen LogP) is 2.27. The quantitative estimate of drug-likeness (QED) is 0.646. The van der Waals surface area contributed by atoms with E-state index >= 15 is 0 Å². The normalized spacial score (nSPS) is 10.3. The first-order valence-electron chi connectivity index (χ1n) is 6.23. The van der Waals surface area contributed by atoms with Crippen LogP contribution in [-0.2, 0) is 0 Å². The zero-order valence-electron chi connectivity index (χ0n) is 11.2. The molecule has 2 rings (SSSR count). The molecule has 8 heteroatoms. The highest BCUT2D eigenvalue weighted by atomic mass is 16.6. The van der Waals surface area contributed by atoms with Crippen molar-refractivity contribution < 1.29 is 19.6 Å². The van der Waals surface area contributed by atoms with Crippen LogP contribution in [0.3, 0.4) is 0 Å². The van der Waals surface area contributed by atoms with E-state index in [1.165, 1.54) is 35.1 Å². The SMILES string of the molecule is CCCOc1cc(-n2ccc(C(=O)O)n2)ccc1[N+](=O)[O-]. The molecule has 0 atom stereocenters. The van der Waals surface area contributed by atoms with Crippen LogP contribution >= 0.6 is 0 Å². The molecule has 1 aromatic carbocycles. The van der Waals surface area contributed by atoms with Crippen molar-refractivity contribution >= 4 is 11.7 Å². The van der Waals surface area contributed by atoms with Gasteiger partial charge in [0.15, 0.2) is 11.4 Å². The van der Waals surface area contributed by atoms with Gasteiger partial charge in [-0.3, -0.25) is 10.1 Å². The molecule has 0 amide bonds. The average Bonchev–Trinajstić information content (AvgIpc) is 2.94. The summed E-state index contributed by atoms with van der Waals surface area (Å²) in [4.78, 5) is 21.2. The van der Waals surface area contributed by atoms with Crippen LogP contribution in [0, 0.1) is 10.1 Å². The molecule has 1 aromatic heterocycles. The first-order valence-corrected chi connectivity index (χ1v) is 6.23. The molecule has 0 spiro atoms. The zero-order valence-corrected chi connectivity index (χ0v) is 11.2. The lowest BCUT2D eigenvalue weighted by Gasteiger charge is -2.08. The van der Waals surface area contributed by atoms with E-state index in [1.54, 1.807) is 0 Å². The van der Waals surface area contributed by atoms with Crippen LogP contribution in [0.15, 0.2) is 30.5 Å². The van der Waals surface area contributed by atoms with Crippen LogP contribution in [0.2, 0.25) is 0 Å². The molecule has 0 unspecified atom stereocenters. The van der Waals surface area contributed by atoms with Crippen LogP contribution in [0.1, 0.15) is 23.8 Å². The molecule has 0 aliphatic rings. The minimum Gasteiger partial charge on any atom is -0.487 e. The highest BCUT2D eigenvalue weighted by molar-refractivity contribution is 5.85. The molecule has 0 aliphatic carbocycles. The minimum absolute atomic E-state index is 0.107. The van der Waals surface area contributed by atoms with Gasteiger partial charge in [-0.05, 0) is 18.6 Å². The van der Waals surface area contributed by atoms with Crippen LogP contribution in [-0.4, -0.2) is 32.4 Å². The van der Waals surface area contributed by atoms with Gasteiger partial charge in [-0.15, -0.1) is 0 Å². The molecule has 0 bridgehead atoms. The number of ether oxygens (including phenoxy) is 1. The second-order valence-electron chi connectivity index (χ2n) is 4.21. The van der Waals surface area contributed by atoms with E-state index in [0.717, 1.165) is 0 Å². The van der Waals surface area contributed by atoms with E-state index < -0.39 is 10.9 Å². The Morgan fingerprint density at radius 1 is 1.48 bits per heavy atom. The van der Waals surface area contributed by atoms with Gasteiger partial charge in [-0.2, -0.15) is 5.10 Å². The maximum Gasteiger partial charge on any atom is 0.356 e. The summed E-state index contributed by atoms with van der Waals surface area (Å²) >= 11 is 0. The zero-order chi connectivity index (χ0) is 15.4. The number of nitro benzene ring substituents is 1. The number of aromatic carboxylic acids is 1. The van der Waals surface area contributed by atoms with E-state index in [9.17, 15) is 14.9 Å². The Morgan fingerprint density at radius 2 is 2.24 bits per heavy atom. The fourth-order valence-corrected chi connectivity index (χ4v) is 1.71. The Morgan fingerprint density at radius 3 is 2.81 bits per heavy atom. The van der Waals surface area contributed by atoms with Gasteiger partial charge in [-0.25, -0.2) is 9.48 Å². The smallest absolute Gasteiger partial charge is 0.356 e. The first-order chi connectivity index (χ1) is 10.0. The van der Waals surface area contributed by atoms with Gasteiger partial charge in [0.25, 0.3) is 0 Å². The number of nitrogens with zero attached hydrogens (tertiary/aromatic N) is 3. The van der Waals surface area contributed by atoms with Gasteiger partial charge in [0.1, 0.15) is 0 Å². The Balaban J connectivity index is 2.39. The molecular formula is C13H13N3O5. The summed E-state index contributed by atoms with van der Waals surface area (Å²) in [6.45, 7) is 2.24. The second kappa shape index (κ2) is 6.04. The van der Waals surface area contributed by atoms with E-state index in [2.05, 4.69) is 5.10 Å². The standard InChI is InChI=1S/C13H13N3O5/c1-2-7-21-12-8-9(3-4-11(12)16(19)20)15-6-5-10(14-15)13(17)18/h3-6,8H,2,7H2,1H3,(H,17,18). The second-order valence-corrected chi connectivity index (χ2v) is 4.21. The number of hydrogen-bond acceptors (Lipinski definition) is 5. The van der Waals surface area contributed by atoms with Crippen LogP contribution in [0.25, 0.3) is 5.69 Å². The van der Waals surface area contributed by atoms with Gasteiger partial charge in [-0.1, -0.05) is 6.92 Å². The number of carbonyl (C=O) groups is 1. The molecule has 2 aromatic rings. The van der Waals surface area contributed by atoms with Gasteiger partial charge in [0.2, 0.25) is 0 Å². The summed E-state index contributed by atoms with van der Waals surface area (Å²) in [6, 6.07) is 5.60. The van der Waals surface area contributed by atoms with E-state index in [0.29, 0.717) is 18.7 Å². The van der Waals surface area contributed by atoms with Crippen molar-refractivity contribution in [1.82, 2.24) is 9.78 Å². The monoisotopic (exact) mass is 291 g/mol. The molecule has 0 saturated carbocycles. The lowest BCUT2D eigenvalue weighted by Crippen LogP contribution is -2.03. The number of carboxylic acids is 1. The van der Waals surface area contributed by atoms with Crippen molar-refractivity contribution in [1.29, 1.82) is 0 Å². The average molecular weight is 291 g/mol. The Hall–Kier alpha value is -2.90.